The number of anilines is 3. The Bertz CT molecular complexity index is 509. The molecule has 0 unspecified atom stereocenters. The van der Waals surface area contributed by atoms with Gasteiger partial charge in [0.15, 0.2) is 0 Å². The second kappa shape index (κ2) is 5.16. The van der Waals surface area contributed by atoms with Crippen molar-refractivity contribution in [2.75, 3.05) is 10.6 Å². The zero-order chi connectivity index (χ0) is 12.1. The molecule has 2 aromatic carbocycles. The number of carbonyl (C=O) groups excluding carboxylic acids is 1. The van der Waals surface area contributed by atoms with Gasteiger partial charge in [-0.15, -0.1) is 0 Å². The molecule has 3 nitrogen and oxygen atoms in total. The minimum absolute atomic E-state index is 0.0766. The third kappa shape index (κ3) is 3.08. The van der Waals surface area contributed by atoms with E-state index in [1.165, 1.54) is 6.92 Å². The Morgan fingerprint density at radius 1 is 0.882 bits per heavy atom. The van der Waals surface area contributed by atoms with Gasteiger partial charge in [-0.1, -0.05) is 30.3 Å². The molecule has 0 radical (unpaired) electrons. The van der Waals surface area contributed by atoms with Gasteiger partial charge < -0.3 is 10.6 Å². The van der Waals surface area contributed by atoms with Crippen molar-refractivity contribution in [2.24, 2.45) is 0 Å². The summed E-state index contributed by atoms with van der Waals surface area (Å²) in [6.07, 6.45) is 0. The quantitative estimate of drug-likeness (QED) is 0.842. The molecule has 0 bridgehead atoms. The molecular formula is C14H14N2O. The van der Waals surface area contributed by atoms with E-state index in [1.807, 2.05) is 54.6 Å². The Morgan fingerprint density at radius 2 is 1.47 bits per heavy atom. The highest BCUT2D eigenvalue weighted by molar-refractivity contribution is 5.93. The monoisotopic (exact) mass is 226 g/mol. The van der Waals surface area contributed by atoms with Crippen LogP contribution in [-0.2, 0) is 4.79 Å². The molecule has 1 amide bonds. The van der Waals surface area contributed by atoms with Crippen LogP contribution in [0.15, 0.2) is 54.6 Å². The minimum Gasteiger partial charge on any atom is -0.354 e. The summed E-state index contributed by atoms with van der Waals surface area (Å²) in [6.45, 7) is 1.50. The van der Waals surface area contributed by atoms with Crippen molar-refractivity contribution < 1.29 is 4.79 Å². The fourth-order valence-corrected chi connectivity index (χ4v) is 1.57. The summed E-state index contributed by atoms with van der Waals surface area (Å²) < 4.78 is 0. The molecule has 0 spiro atoms. The lowest BCUT2D eigenvalue weighted by atomic mass is 10.2. The molecule has 0 saturated heterocycles. The lowest BCUT2D eigenvalue weighted by molar-refractivity contribution is -0.114. The van der Waals surface area contributed by atoms with Crippen molar-refractivity contribution in [2.45, 2.75) is 6.92 Å². The summed E-state index contributed by atoms with van der Waals surface area (Å²) in [5.74, 6) is -0.0766. The van der Waals surface area contributed by atoms with Crippen molar-refractivity contribution >= 4 is 23.0 Å². The van der Waals surface area contributed by atoms with Crippen LogP contribution in [0, 0.1) is 0 Å². The average molecular weight is 226 g/mol. The van der Waals surface area contributed by atoms with Gasteiger partial charge in [0.05, 0.1) is 11.4 Å². The van der Waals surface area contributed by atoms with Crippen LogP contribution in [0.3, 0.4) is 0 Å². The Hall–Kier alpha value is -2.29. The largest absolute Gasteiger partial charge is 0.354 e. The van der Waals surface area contributed by atoms with Gasteiger partial charge in [0.25, 0.3) is 0 Å². The number of para-hydroxylation sites is 3. The van der Waals surface area contributed by atoms with Crippen LogP contribution >= 0.6 is 0 Å². The fraction of sp³-hybridized carbons (Fsp3) is 0.0714. The van der Waals surface area contributed by atoms with E-state index in [0.717, 1.165) is 17.1 Å². The summed E-state index contributed by atoms with van der Waals surface area (Å²) >= 11 is 0. The lowest BCUT2D eigenvalue weighted by Gasteiger charge is -2.11. The van der Waals surface area contributed by atoms with Crippen LogP contribution in [-0.4, -0.2) is 5.91 Å². The van der Waals surface area contributed by atoms with Crippen LogP contribution in [0.2, 0.25) is 0 Å². The van der Waals surface area contributed by atoms with E-state index in [2.05, 4.69) is 10.6 Å². The van der Waals surface area contributed by atoms with Gasteiger partial charge in [0, 0.05) is 12.6 Å². The molecule has 0 fully saturated rings. The maximum absolute atomic E-state index is 11.1. The van der Waals surface area contributed by atoms with Gasteiger partial charge in [-0.3, -0.25) is 4.79 Å². The van der Waals surface area contributed by atoms with Gasteiger partial charge in [-0.05, 0) is 24.3 Å². The average Bonchev–Trinajstić information content (AvgIpc) is 2.32. The van der Waals surface area contributed by atoms with Gasteiger partial charge in [-0.2, -0.15) is 0 Å². The van der Waals surface area contributed by atoms with Crippen LogP contribution in [0.1, 0.15) is 6.92 Å². The molecule has 0 heterocycles. The fourth-order valence-electron chi connectivity index (χ4n) is 1.57. The van der Waals surface area contributed by atoms with E-state index in [9.17, 15) is 4.79 Å². The Labute approximate surface area is 100 Å². The summed E-state index contributed by atoms with van der Waals surface area (Å²) in [5, 5.41) is 6.06. The number of rotatable bonds is 3. The van der Waals surface area contributed by atoms with Crippen molar-refractivity contribution in [3.63, 3.8) is 0 Å². The van der Waals surface area contributed by atoms with E-state index in [0.29, 0.717) is 0 Å². The first-order valence-corrected chi connectivity index (χ1v) is 5.44. The first-order chi connectivity index (χ1) is 8.25. The zero-order valence-corrected chi connectivity index (χ0v) is 9.60. The topological polar surface area (TPSA) is 41.1 Å². The van der Waals surface area contributed by atoms with E-state index in [1.54, 1.807) is 0 Å². The molecule has 0 saturated carbocycles. The van der Waals surface area contributed by atoms with Crippen LogP contribution < -0.4 is 10.6 Å². The van der Waals surface area contributed by atoms with Gasteiger partial charge >= 0.3 is 0 Å². The van der Waals surface area contributed by atoms with Gasteiger partial charge in [0.1, 0.15) is 0 Å². The Balaban J connectivity index is 2.23. The highest BCUT2D eigenvalue weighted by atomic mass is 16.1. The maximum Gasteiger partial charge on any atom is 0.221 e. The summed E-state index contributed by atoms with van der Waals surface area (Å²) in [6, 6.07) is 17.5. The first-order valence-electron chi connectivity index (χ1n) is 5.44. The molecule has 0 aliphatic rings. The number of carbonyl (C=O) groups is 1. The van der Waals surface area contributed by atoms with Crippen LogP contribution in [0.4, 0.5) is 17.1 Å². The van der Waals surface area contributed by atoms with E-state index < -0.39 is 0 Å². The summed E-state index contributed by atoms with van der Waals surface area (Å²) in [5.41, 5.74) is 2.66. The molecule has 0 aromatic heterocycles. The molecular weight excluding hydrogens is 212 g/mol. The summed E-state index contributed by atoms with van der Waals surface area (Å²) in [4.78, 5) is 11.1. The molecule has 17 heavy (non-hydrogen) atoms. The predicted octanol–water partition coefficient (Wildman–Crippen LogP) is 3.39. The first kappa shape index (κ1) is 11.2. The van der Waals surface area contributed by atoms with Crippen LogP contribution in [0.5, 0.6) is 0 Å². The van der Waals surface area contributed by atoms with Crippen molar-refractivity contribution in [1.82, 2.24) is 0 Å². The number of hydrogen-bond acceptors (Lipinski definition) is 2. The zero-order valence-electron chi connectivity index (χ0n) is 9.60. The van der Waals surface area contributed by atoms with E-state index in [4.69, 9.17) is 0 Å². The third-order valence-electron chi connectivity index (χ3n) is 2.29. The summed E-state index contributed by atoms with van der Waals surface area (Å²) in [7, 11) is 0. The smallest absolute Gasteiger partial charge is 0.221 e. The molecule has 0 atom stereocenters. The highest BCUT2D eigenvalue weighted by Gasteiger charge is 2.02. The van der Waals surface area contributed by atoms with E-state index in [-0.39, 0.29) is 5.91 Å². The number of nitrogens with one attached hydrogen (secondary N) is 2. The molecule has 2 rings (SSSR count). The van der Waals surface area contributed by atoms with Crippen LogP contribution in [0.25, 0.3) is 0 Å². The van der Waals surface area contributed by atoms with Gasteiger partial charge in [-0.25, -0.2) is 0 Å². The van der Waals surface area contributed by atoms with Crippen molar-refractivity contribution in [3.8, 4) is 0 Å². The van der Waals surface area contributed by atoms with Crippen molar-refractivity contribution in [1.29, 1.82) is 0 Å². The normalized spacial score (nSPS) is 9.71. The minimum atomic E-state index is -0.0766. The van der Waals surface area contributed by atoms with Crippen molar-refractivity contribution in [3.05, 3.63) is 54.6 Å². The molecule has 3 heteroatoms. The Kier molecular flexibility index (Phi) is 3.40. The van der Waals surface area contributed by atoms with E-state index >= 15 is 0 Å². The Morgan fingerprint density at radius 3 is 2.12 bits per heavy atom. The number of amides is 1. The van der Waals surface area contributed by atoms with Gasteiger partial charge in [0.2, 0.25) is 5.91 Å². The SMILES string of the molecule is CC(=O)Nc1ccccc1Nc1ccccc1. The standard InChI is InChI=1S/C14H14N2O/c1-11(17)15-13-9-5-6-10-14(13)16-12-7-3-2-4-8-12/h2-10,16H,1H3,(H,15,17). The maximum atomic E-state index is 11.1. The number of benzene rings is 2. The molecule has 2 N–H and O–H groups in total. The predicted molar refractivity (Wildman–Crippen MR) is 70.5 cm³/mol. The lowest BCUT2D eigenvalue weighted by Crippen LogP contribution is -2.07. The second-order valence-corrected chi connectivity index (χ2v) is 3.72. The molecule has 0 aliphatic heterocycles. The molecule has 0 aliphatic carbocycles. The second-order valence-electron chi connectivity index (χ2n) is 3.72. The third-order valence-corrected chi connectivity index (χ3v) is 2.29. The number of hydrogen-bond donors (Lipinski definition) is 2. The molecule has 86 valence electrons. The highest BCUT2D eigenvalue weighted by Crippen LogP contribution is 2.24. The molecule has 2 aromatic rings.